The van der Waals surface area contributed by atoms with Crippen molar-refractivity contribution in [1.82, 2.24) is 0 Å². The first-order valence-corrected chi connectivity index (χ1v) is 10.8. The van der Waals surface area contributed by atoms with Gasteiger partial charge in [0.25, 0.3) is 5.91 Å². The number of rotatable bonds is 7. The quantitative estimate of drug-likeness (QED) is 0.352. The van der Waals surface area contributed by atoms with Gasteiger partial charge >= 0.3 is 8.25 Å². The molecule has 1 amide bonds. The van der Waals surface area contributed by atoms with Crippen molar-refractivity contribution in [3.05, 3.63) is 77.4 Å². The molecule has 0 aromatic heterocycles. The molecule has 30 heavy (non-hydrogen) atoms. The van der Waals surface area contributed by atoms with Gasteiger partial charge in [-0.15, -0.1) is 4.89 Å². The number of nitrogen functional groups attached to an aromatic ring is 1. The molecule has 4 N–H and O–H groups in total. The van der Waals surface area contributed by atoms with Gasteiger partial charge in [-0.05, 0) is 53.8 Å². The molecule has 0 aliphatic rings. The molecule has 0 saturated heterocycles. The summed E-state index contributed by atoms with van der Waals surface area (Å²) in [5.41, 5.74) is 11.1. The molecule has 1 unspecified atom stereocenters. The minimum absolute atomic E-state index is 0.293. The van der Waals surface area contributed by atoms with Gasteiger partial charge in [-0.2, -0.15) is 0 Å². The van der Waals surface area contributed by atoms with Crippen LogP contribution in [0.1, 0.15) is 35.3 Å². The van der Waals surface area contributed by atoms with Crippen LogP contribution in [0.25, 0.3) is 11.1 Å². The van der Waals surface area contributed by atoms with E-state index in [1.807, 2.05) is 56.3 Å². The molecule has 0 saturated carbocycles. The Balaban J connectivity index is 1.95. The van der Waals surface area contributed by atoms with Crippen LogP contribution in [0, 0.1) is 0 Å². The molecule has 3 rings (SSSR count). The number of carbonyl (C=O) groups is 1. The number of hydrogen-bond acceptors (Lipinski definition) is 4. The molecule has 1 atom stereocenters. The summed E-state index contributed by atoms with van der Waals surface area (Å²) in [6, 6.07) is 18.5. The van der Waals surface area contributed by atoms with Crippen LogP contribution in [0.15, 0.2) is 60.7 Å². The minimum atomic E-state index is -2.78. The van der Waals surface area contributed by atoms with Crippen LogP contribution in [-0.4, -0.2) is 10.8 Å². The van der Waals surface area contributed by atoms with Crippen molar-refractivity contribution in [2.45, 2.75) is 26.7 Å². The average molecular weight is 423 g/mol. The van der Waals surface area contributed by atoms with E-state index >= 15 is 0 Å². The van der Waals surface area contributed by atoms with Gasteiger partial charge in [0.05, 0.1) is 11.4 Å². The molecule has 0 bridgehead atoms. The van der Waals surface area contributed by atoms with E-state index in [-0.39, 0.29) is 5.91 Å². The monoisotopic (exact) mass is 423 g/mol. The summed E-state index contributed by atoms with van der Waals surface area (Å²) in [6.45, 7) is 3.84. The Morgan fingerprint density at radius 1 is 1.00 bits per heavy atom. The Labute approximate surface area is 176 Å². The topological polar surface area (TPSA) is 102 Å². The first kappa shape index (κ1) is 21.5. The largest absolute Gasteiger partial charge is 0.747 e. The van der Waals surface area contributed by atoms with Crippen molar-refractivity contribution in [2.24, 2.45) is 0 Å². The molecule has 154 valence electrons. The highest BCUT2D eigenvalue weighted by atomic mass is 31.1. The second-order valence-corrected chi connectivity index (χ2v) is 7.39. The molecule has 3 aromatic rings. The third-order valence-electron chi connectivity index (χ3n) is 4.92. The predicted molar refractivity (Wildman–Crippen MR) is 120 cm³/mol. The molecule has 0 aliphatic heterocycles. The maximum Gasteiger partial charge on any atom is 0.747 e. The Bertz CT molecular complexity index is 1080. The van der Waals surface area contributed by atoms with Crippen molar-refractivity contribution in [2.75, 3.05) is 11.1 Å². The highest BCUT2D eigenvalue weighted by molar-refractivity contribution is 7.32. The lowest BCUT2D eigenvalue weighted by Crippen LogP contribution is -2.16. The highest BCUT2D eigenvalue weighted by Gasteiger charge is 2.23. The summed E-state index contributed by atoms with van der Waals surface area (Å²) >= 11 is 0. The highest BCUT2D eigenvalue weighted by Crippen LogP contribution is 2.33. The Kier molecular flexibility index (Phi) is 6.83. The van der Waals surface area contributed by atoms with Crippen molar-refractivity contribution in [3.63, 3.8) is 0 Å². The fraction of sp³-hybridized carbons (Fsp3) is 0.174. The second-order valence-electron chi connectivity index (χ2n) is 6.73. The maximum absolute atomic E-state index is 13.1. The molecule has 0 aliphatic carbocycles. The van der Waals surface area contributed by atoms with Gasteiger partial charge in [0.1, 0.15) is 0 Å². The van der Waals surface area contributed by atoms with Gasteiger partial charge in [0.2, 0.25) is 0 Å². The third kappa shape index (κ3) is 4.67. The summed E-state index contributed by atoms with van der Waals surface area (Å²) in [6.07, 6.45) is 1.14. The van der Waals surface area contributed by atoms with Gasteiger partial charge in [-0.1, -0.05) is 50.2 Å². The van der Waals surface area contributed by atoms with Crippen LogP contribution in [0.5, 0.6) is 5.75 Å². The molecule has 0 fully saturated rings. The first-order valence-electron chi connectivity index (χ1n) is 9.69. The van der Waals surface area contributed by atoms with Gasteiger partial charge in [0.15, 0.2) is 5.75 Å². The van der Waals surface area contributed by atoms with E-state index in [0.717, 1.165) is 22.3 Å². The van der Waals surface area contributed by atoms with Gasteiger partial charge in [-0.25, -0.2) is 4.52 Å². The minimum Gasteiger partial charge on any atom is -0.397 e. The van der Waals surface area contributed by atoms with E-state index < -0.39 is 8.25 Å². The van der Waals surface area contributed by atoms with Crippen LogP contribution in [0.4, 0.5) is 11.4 Å². The molecular formula is C23H24N2O4P+. The summed E-state index contributed by atoms with van der Waals surface area (Å²) < 4.78 is 16.1. The van der Waals surface area contributed by atoms with Crippen LogP contribution in [0.3, 0.4) is 0 Å². The molecule has 6 nitrogen and oxygen atoms in total. The number of nitrogens with one attached hydrogen (secondary N) is 1. The van der Waals surface area contributed by atoms with Crippen LogP contribution < -0.4 is 15.6 Å². The molecule has 3 aromatic carbocycles. The summed E-state index contributed by atoms with van der Waals surface area (Å²) in [4.78, 5) is 22.2. The number of benzene rings is 3. The van der Waals surface area contributed by atoms with E-state index in [2.05, 4.69) is 5.32 Å². The van der Waals surface area contributed by atoms with Gasteiger partial charge < -0.3 is 11.1 Å². The summed E-state index contributed by atoms with van der Waals surface area (Å²) in [5, 5.41) is 2.91. The number of carbonyl (C=O) groups excluding carboxylic acids is 1. The maximum atomic E-state index is 13.1. The molecule has 0 radical (unpaired) electrons. The normalized spacial score (nSPS) is 11.1. The summed E-state index contributed by atoms with van der Waals surface area (Å²) in [5.74, 6) is 0.0264. The predicted octanol–water partition coefficient (Wildman–Crippen LogP) is 5.34. The van der Waals surface area contributed by atoms with Crippen LogP contribution in [-0.2, 0) is 17.4 Å². The Hall–Kier alpha value is -3.21. The number of nitrogens with two attached hydrogens (primary N) is 1. The average Bonchev–Trinajstić information content (AvgIpc) is 2.75. The second kappa shape index (κ2) is 9.53. The number of hydrogen-bond donors (Lipinski definition) is 3. The van der Waals surface area contributed by atoms with E-state index in [1.165, 1.54) is 0 Å². The van der Waals surface area contributed by atoms with E-state index in [0.29, 0.717) is 35.5 Å². The third-order valence-corrected chi connectivity index (χ3v) is 5.28. The van der Waals surface area contributed by atoms with E-state index in [4.69, 9.17) is 15.2 Å². The zero-order valence-electron chi connectivity index (χ0n) is 16.9. The van der Waals surface area contributed by atoms with Crippen molar-refractivity contribution >= 4 is 25.5 Å². The van der Waals surface area contributed by atoms with Gasteiger partial charge in [-0.3, -0.25) is 4.79 Å². The van der Waals surface area contributed by atoms with Gasteiger partial charge in [0, 0.05) is 15.7 Å². The van der Waals surface area contributed by atoms with Crippen LogP contribution in [0.2, 0.25) is 0 Å². The fourth-order valence-corrected chi connectivity index (χ4v) is 3.85. The molecule has 7 heteroatoms. The lowest BCUT2D eigenvalue weighted by molar-refractivity contribution is 0.102. The summed E-state index contributed by atoms with van der Waals surface area (Å²) in [7, 11) is -2.78. The van der Waals surface area contributed by atoms with Crippen LogP contribution >= 0.6 is 8.25 Å². The first-order chi connectivity index (χ1) is 14.4. The Morgan fingerprint density at radius 2 is 1.70 bits per heavy atom. The molecule has 0 spiro atoms. The number of anilines is 2. The lowest BCUT2D eigenvalue weighted by atomic mass is 9.95. The smallest absolute Gasteiger partial charge is 0.397 e. The number of amides is 1. The lowest BCUT2D eigenvalue weighted by Gasteiger charge is -2.15. The van der Waals surface area contributed by atoms with E-state index in [9.17, 15) is 9.36 Å². The fourth-order valence-electron chi connectivity index (χ4n) is 3.51. The standard InChI is InChI=1S/C23H23N2O4P/c1-3-17-18(4-2)22(29-30(27)28)13-11-19(17)23(26)25-21-14-16(10-12-20(21)24)15-8-6-5-7-9-15/h5-14H,3-4,24H2,1-2H3,(H-,25,26,27,28)/p+1. The van der Waals surface area contributed by atoms with E-state index in [1.54, 1.807) is 18.2 Å². The molecule has 0 heterocycles. The zero-order chi connectivity index (χ0) is 21.7. The zero-order valence-corrected chi connectivity index (χ0v) is 17.8. The van der Waals surface area contributed by atoms with Crippen molar-refractivity contribution in [3.8, 4) is 16.9 Å². The van der Waals surface area contributed by atoms with Crippen molar-refractivity contribution in [1.29, 1.82) is 0 Å². The van der Waals surface area contributed by atoms with Crippen molar-refractivity contribution < 1.29 is 18.8 Å². The molecular weight excluding hydrogens is 399 g/mol. The Morgan fingerprint density at radius 3 is 2.33 bits per heavy atom. The SMILES string of the molecule is CCc1c(O[P+](=O)O)ccc(C(=O)Nc2cc(-c3ccccc3)ccc2N)c1CC.